The summed E-state index contributed by atoms with van der Waals surface area (Å²) >= 11 is 0. The zero-order chi connectivity index (χ0) is 8.39. The number of hydrogen-bond acceptors (Lipinski definition) is 2. The van der Waals surface area contributed by atoms with E-state index in [1.165, 1.54) is 11.3 Å². The fourth-order valence-electron chi connectivity index (χ4n) is 1.65. The quantitative estimate of drug-likeness (QED) is 0.610. The minimum Gasteiger partial charge on any atom is -0.378 e. The van der Waals surface area contributed by atoms with Crippen LogP contribution in [0.1, 0.15) is 19.8 Å². The summed E-state index contributed by atoms with van der Waals surface area (Å²) in [5.74, 6) is 0. The third-order valence-corrected chi connectivity index (χ3v) is 2.24. The minimum absolute atomic E-state index is 0.359. The molecule has 0 saturated heterocycles. The molecule has 0 fully saturated rings. The van der Waals surface area contributed by atoms with Crippen molar-refractivity contribution in [3.8, 4) is 0 Å². The molecule has 1 aliphatic heterocycles. The van der Waals surface area contributed by atoms with Crippen molar-refractivity contribution in [1.29, 1.82) is 0 Å². The van der Waals surface area contributed by atoms with Gasteiger partial charge in [0, 0.05) is 24.9 Å². The molecule has 0 bridgehead atoms. The standard InChI is InChI=1S/C10H13NO/c1-2-12-9-4-3-8-5-6-11-10(8)7-9/h3,5-6,9H,2,4,7H2,1H3. The van der Waals surface area contributed by atoms with Gasteiger partial charge in [-0.15, -0.1) is 0 Å². The number of fused-ring (bicyclic) bond motifs is 1. The van der Waals surface area contributed by atoms with E-state index in [0.29, 0.717) is 6.10 Å². The van der Waals surface area contributed by atoms with Gasteiger partial charge in [-0.2, -0.15) is 0 Å². The van der Waals surface area contributed by atoms with Crippen LogP contribution in [-0.4, -0.2) is 18.4 Å². The van der Waals surface area contributed by atoms with Crippen molar-refractivity contribution < 1.29 is 4.74 Å². The van der Waals surface area contributed by atoms with E-state index in [1.54, 1.807) is 0 Å². The van der Waals surface area contributed by atoms with Crippen LogP contribution >= 0.6 is 0 Å². The highest BCUT2D eigenvalue weighted by Crippen LogP contribution is 2.22. The van der Waals surface area contributed by atoms with Gasteiger partial charge in [-0.05, 0) is 25.0 Å². The predicted octanol–water partition coefficient (Wildman–Crippen LogP) is 2.08. The van der Waals surface area contributed by atoms with Gasteiger partial charge in [-0.3, -0.25) is 4.99 Å². The Morgan fingerprint density at radius 1 is 1.67 bits per heavy atom. The molecule has 64 valence electrons. The van der Waals surface area contributed by atoms with Crippen LogP contribution in [0.2, 0.25) is 0 Å². The van der Waals surface area contributed by atoms with Crippen molar-refractivity contribution in [2.24, 2.45) is 4.99 Å². The molecule has 0 aromatic heterocycles. The first kappa shape index (κ1) is 7.74. The van der Waals surface area contributed by atoms with Gasteiger partial charge >= 0.3 is 0 Å². The first-order chi connectivity index (χ1) is 5.90. The van der Waals surface area contributed by atoms with Crippen molar-refractivity contribution in [1.82, 2.24) is 0 Å². The molecule has 0 saturated carbocycles. The van der Waals surface area contributed by atoms with E-state index in [0.717, 1.165) is 19.4 Å². The lowest BCUT2D eigenvalue weighted by Crippen LogP contribution is -2.21. The number of allylic oxidation sites excluding steroid dienone is 2. The van der Waals surface area contributed by atoms with Gasteiger partial charge in [0.2, 0.25) is 0 Å². The van der Waals surface area contributed by atoms with Crippen LogP contribution in [0.5, 0.6) is 0 Å². The van der Waals surface area contributed by atoms with Gasteiger partial charge in [0.05, 0.1) is 6.10 Å². The van der Waals surface area contributed by atoms with E-state index < -0.39 is 0 Å². The molecule has 2 aliphatic rings. The average molecular weight is 163 g/mol. The SMILES string of the molecule is CCOC1CC=C2C=CN=C2C1. The highest BCUT2D eigenvalue weighted by Gasteiger charge is 2.20. The van der Waals surface area contributed by atoms with Crippen LogP contribution in [0.15, 0.2) is 28.9 Å². The lowest BCUT2D eigenvalue weighted by molar-refractivity contribution is 0.0692. The van der Waals surface area contributed by atoms with Gasteiger partial charge in [-0.1, -0.05) is 6.08 Å². The molecule has 0 aromatic carbocycles. The van der Waals surface area contributed by atoms with Crippen molar-refractivity contribution in [3.63, 3.8) is 0 Å². The molecule has 0 spiro atoms. The summed E-state index contributed by atoms with van der Waals surface area (Å²) in [6.45, 7) is 2.84. The molecule has 0 amide bonds. The maximum Gasteiger partial charge on any atom is 0.0665 e. The Hall–Kier alpha value is -0.890. The zero-order valence-electron chi connectivity index (χ0n) is 7.29. The number of ether oxygens (including phenoxy) is 1. The molecule has 1 atom stereocenters. The third kappa shape index (κ3) is 1.34. The second-order valence-corrected chi connectivity index (χ2v) is 3.07. The highest BCUT2D eigenvalue weighted by atomic mass is 16.5. The first-order valence-electron chi connectivity index (χ1n) is 4.45. The summed E-state index contributed by atoms with van der Waals surface area (Å²) in [5.41, 5.74) is 2.49. The van der Waals surface area contributed by atoms with Crippen LogP contribution in [0.3, 0.4) is 0 Å². The summed E-state index contributed by atoms with van der Waals surface area (Å²) < 4.78 is 5.54. The fraction of sp³-hybridized carbons (Fsp3) is 0.500. The van der Waals surface area contributed by atoms with E-state index in [4.69, 9.17) is 4.74 Å². The number of nitrogens with zero attached hydrogens (tertiary/aromatic N) is 1. The van der Waals surface area contributed by atoms with E-state index in [-0.39, 0.29) is 0 Å². The van der Waals surface area contributed by atoms with E-state index in [9.17, 15) is 0 Å². The van der Waals surface area contributed by atoms with Crippen LogP contribution in [-0.2, 0) is 4.74 Å². The Bertz CT molecular complexity index is 263. The molecule has 2 nitrogen and oxygen atoms in total. The molecule has 12 heavy (non-hydrogen) atoms. The second kappa shape index (κ2) is 3.23. The van der Waals surface area contributed by atoms with Gasteiger partial charge in [0.25, 0.3) is 0 Å². The maximum atomic E-state index is 5.54. The predicted molar refractivity (Wildman–Crippen MR) is 49.3 cm³/mol. The van der Waals surface area contributed by atoms with E-state index in [1.807, 2.05) is 13.1 Å². The Morgan fingerprint density at radius 3 is 3.42 bits per heavy atom. The van der Waals surface area contributed by atoms with Crippen LogP contribution in [0, 0.1) is 0 Å². The fourth-order valence-corrected chi connectivity index (χ4v) is 1.65. The molecule has 0 aromatic rings. The zero-order valence-corrected chi connectivity index (χ0v) is 7.29. The van der Waals surface area contributed by atoms with Crippen LogP contribution in [0.4, 0.5) is 0 Å². The molecule has 1 heterocycles. The van der Waals surface area contributed by atoms with Crippen molar-refractivity contribution in [2.45, 2.75) is 25.9 Å². The smallest absolute Gasteiger partial charge is 0.0665 e. The topological polar surface area (TPSA) is 21.6 Å². The number of rotatable bonds is 2. The second-order valence-electron chi connectivity index (χ2n) is 3.07. The lowest BCUT2D eigenvalue weighted by atomic mass is 9.96. The largest absolute Gasteiger partial charge is 0.378 e. The monoisotopic (exact) mass is 163 g/mol. The molecular weight excluding hydrogens is 150 g/mol. The molecule has 1 aliphatic carbocycles. The summed E-state index contributed by atoms with van der Waals surface area (Å²) in [4.78, 5) is 4.28. The van der Waals surface area contributed by atoms with Gasteiger partial charge in [0.15, 0.2) is 0 Å². The lowest BCUT2D eigenvalue weighted by Gasteiger charge is -2.20. The molecule has 0 N–H and O–H groups in total. The van der Waals surface area contributed by atoms with Crippen molar-refractivity contribution >= 4 is 5.71 Å². The molecule has 1 unspecified atom stereocenters. The first-order valence-corrected chi connectivity index (χ1v) is 4.45. The van der Waals surface area contributed by atoms with E-state index >= 15 is 0 Å². The number of hydrogen-bond donors (Lipinski definition) is 0. The van der Waals surface area contributed by atoms with Crippen molar-refractivity contribution in [2.75, 3.05) is 6.61 Å². The summed E-state index contributed by atoms with van der Waals surface area (Å²) in [5, 5.41) is 0. The highest BCUT2D eigenvalue weighted by molar-refractivity contribution is 6.05. The molecular formula is C10H13NO. The van der Waals surface area contributed by atoms with E-state index in [2.05, 4.69) is 17.1 Å². The Kier molecular flexibility index (Phi) is 2.09. The average Bonchev–Trinajstić information content (AvgIpc) is 2.51. The molecule has 2 rings (SSSR count). The third-order valence-electron chi connectivity index (χ3n) is 2.24. The summed E-state index contributed by atoms with van der Waals surface area (Å²) in [7, 11) is 0. The normalized spacial score (nSPS) is 26.6. The van der Waals surface area contributed by atoms with Gasteiger partial charge < -0.3 is 4.74 Å². The number of aliphatic imine (C=N–C) groups is 1. The minimum atomic E-state index is 0.359. The van der Waals surface area contributed by atoms with Crippen molar-refractivity contribution in [3.05, 3.63) is 23.9 Å². The van der Waals surface area contributed by atoms with Crippen LogP contribution < -0.4 is 0 Å². The van der Waals surface area contributed by atoms with Gasteiger partial charge in [0.1, 0.15) is 0 Å². The Labute approximate surface area is 72.6 Å². The summed E-state index contributed by atoms with van der Waals surface area (Å²) in [6.07, 6.45) is 8.52. The molecule has 0 radical (unpaired) electrons. The maximum absolute atomic E-state index is 5.54. The molecule has 2 heteroatoms. The Balaban J connectivity index is 2.05. The van der Waals surface area contributed by atoms with Gasteiger partial charge in [-0.25, -0.2) is 0 Å². The summed E-state index contributed by atoms with van der Waals surface area (Å²) in [6, 6.07) is 0. The Morgan fingerprint density at radius 2 is 2.58 bits per heavy atom. The van der Waals surface area contributed by atoms with Crippen LogP contribution in [0.25, 0.3) is 0 Å².